The van der Waals surface area contributed by atoms with E-state index >= 15 is 0 Å². The standard InChI is InChI=1S/C21H29FN2O3/c1-14(2)12-23-19(25)18-13-27-21(10-8-15(3)9-11-21)24(18)20(26)16-4-6-17(22)7-5-16/h4-7,14-15,18H,8-13H2,1-3H3,(H,23,25). The summed E-state index contributed by atoms with van der Waals surface area (Å²) in [4.78, 5) is 27.7. The Morgan fingerprint density at radius 1 is 1.26 bits per heavy atom. The zero-order valence-corrected chi connectivity index (χ0v) is 16.3. The molecule has 1 aliphatic heterocycles. The molecule has 5 nitrogen and oxygen atoms in total. The minimum absolute atomic E-state index is 0.186. The summed E-state index contributed by atoms with van der Waals surface area (Å²) in [7, 11) is 0. The number of amides is 2. The lowest BCUT2D eigenvalue weighted by atomic mass is 9.83. The molecule has 1 atom stereocenters. The zero-order valence-electron chi connectivity index (χ0n) is 16.3. The van der Waals surface area contributed by atoms with E-state index < -0.39 is 17.6 Å². The molecular formula is C21H29FN2O3. The highest BCUT2D eigenvalue weighted by Crippen LogP contribution is 2.43. The first-order chi connectivity index (χ1) is 12.8. The third-order valence-corrected chi connectivity index (χ3v) is 5.61. The van der Waals surface area contributed by atoms with Crippen molar-refractivity contribution in [3.8, 4) is 0 Å². The number of halogens is 1. The number of nitrogens with one attached hydrogen (secondary N) is 1. The molecule has 6 heteroatoms. The molecule has 0 aromatic heterocycles. The maximum Gasteiger partial charge on any atom is 0.256 e. The van der Waals surface area contributed by atoms with Crippen LogP contribution in [-0.4, -0.2) is 41.6 Å². The molecule has 0 bridgehead atoms. The summed E-state index contributed by atoms with van der Waals surface area (Å²) in [6.07, 6.45) is 3.34. The molecule has 27 heavy (non-hydrogen) atoms. The first-order valence-corrected chi connectivity index (χ1v) is 9.83. The summed E-state index contributed by atoms with van der Waals surface area (Å²) in [5, 5.41) is 2.93. The van der Waals surface area contributed by atoms with Crippen LogP contribution in [0.25, 0.3) is 0 Å². The van der Waals surface area contributed by atoms with Crippen LogP contribution in [-0.2, 0) is 9.53 Å². The van der Waals surface area contributed by atoms with Crippen LogP contribution in [0.1, 0.15) is 56.8 Å². The molecule has 1 aromatic carbocycles. The molecular weight excluding hydrogens is 347 g/mol. The van der Waals surface area contributed by atoms with Gasteiger partial charge in [-0.1, -0.05) is 20.8 Å². The van der Waals surface area contributed by atoms with Crippen LogP contribution in [0, 0.1) is 17.7 Å². The normalized spacial score (nSPS) is 28.0. The van der Waals surface area contributed by atoms with Gasteiger partial charge in [0.2, 0.25) is 5.91 Å². The van der Waals surface area contributed by atoms with Crippen molar-refractivity contribution in [2.45, 2.75) is 58.2 Å². The van der Waals surface area contributed by atoms with Gasteiger partial charge in [0.15, 0.2) is 0 Å². The zero-order chi connectivity index (χ0) is 19.6. The van der Waals surface area contributed by atoms with Crippen molar-refractivity contribution >= 4 is 11.8 Å². The predicted molar refractivity (Wildman–Crippen MR) is 101 cm³/mol. The van der Waals surface area contributed by atoms with Gasteiger partial charge < -0.3 is 10.1 Å². The van der Waals surface area contributed by atoms with Gasteiger partial charge in [0, 0.05) is 12.1 Å². The minimum Gasteiger partial charge on any atom is -0.354 e. The smallest absolute Gasteiger partial charge is 0.256 e. The Morgan fingerprint density at radius 3 is 2.48 bits per heavy atom. The molecule has 0 radical (unpaired) electrons. The van der Waals surface area contributed by atoms with Gasteiger partial charge in [0.25, 0.3) is 5.91 Å². The number of nitrogens with zero attached hydrogens (tertiary/aromatic N) is 1. The number of carbonyl (C=O) groups is 2. The van der Waals surface area contributed by atoms with E-state index in [9.17, 15) is 14.0 Å². The third kappa shape index (κ3) is 4.15. The van der Waals surface area contributed by atoms with E-state index in [0.717, 1.165) is 25.7 Å². The van der Waals surface area contributed by atoms with Crippen molar-refractivity contribution in [3.63, 3.8) is 0 Å². The fourth-order valence-corrected chi connectivity index (χ4v) is 3.93. The summed E-state index contributed by atoms with van der Waals surface area (Å²) < 4.78 is 19.4. The van der Waals surface area contributed by atoms with Crippen molar-refractivity contribution in [1.29, 1.82) is 0 Å². The molecule has 1 saturated carbocycles. The van der Waals surface area contributed by atoms with E-state index in [1.807, 2.05) is 13.8 Å². The van der Waals surface area contributed by atoms with Crippen LogP contribution in [0.4, 0.5) is 4.39 Å². The van der Waals surface area contributed by atoms with E-state index in [4.69, 9.17) is 4.74 Å². The topological polar surface area (TPSA) is 58.6 Å². The van der Waals surface area contributed by atoms with Gasteiger partial charge in [-0.3, -0.25) is 14.5 Å². The third-order valence-electron chi connectivity index (χ3n) is 5.61. The van der Waals surface area contributed by atoms with Gasteiger partial charge in [-0.2, -0.15) is 0 Å². The molecule has 1 spiro atoms. The maximum atomic E-state index is 13.3. The average Bonchev–Trinajstić information content (AvgIpc) is 3.01. The quantitative estimate of drug-likeness (QED) is 0.877. The fourth-order valence-electron chi connectivity index (χ4n) is 3.93. The van der Waals surface area contributed by atoms with Crippen LogP contribution in [0.2, 0.25) is 0 Å². The van der Waals surface area contributed by atoms with Gasteiger partial charge in [-0.15, -0.1) is 0 Å². The molecule has 1 saturated heterocycles. The van der Waals surface area contributed by atoms with Crippen molar-refractivity contribution < 1.29 is 18.7 Å². The maximum absolute atomic E-state index is 13.3. The Balaban J connectivity index is 1.88. The lowest BCUT2D eigenvalue weighted by molar-refractivity contribution is -0.128. The molecule has 2 amide bonds. The highest BCUT2D eigenvalue weighted by Gasteiger charge is 2.53. The molecule has 2 aliphatic rings. The molecule has 1 aromatic rings. The van der Waals surface area contributed by atoms with Crippen LogP contribution in [0.3, 0.4) is 0 Å². The molecule has 1 aliphatic carbocycles. The Kier molecular flexibility index (Phi) is 5.84. The number of hydrogen-bond donors (Lipinski definition) is 1. The van der Waals surface area contributed by atoms with E-state index in [0.29, 0.717) is 23.9 Å². The number of hydrogen-bond acceptors (Lipinski definition) is 3. The number of benzene rings is 1. The molecule has 1 heterocycles. The molecule has 3 rings (SSSR count). The molecule has 1 unspecified atom stereocenters. The first kappa shape index (κ1) is 19.8. The second-order valence-electron chi connectivity index (χ2n) is 8.28. The Hall–Kier alpha value is -1.95. The van der Waals surface area contributed by atoms with Gasteiger partial charge in [0.1, 0.15) is 17.6 Å². The molecule has 2 fully saturated rings. The van der Waals surface area contributed by atoms with Crippen molar-refractivity contribution in [2.75, 3.05) is 13.2 Å². The lowest BCUT2D eigenvalue weighted by Crippen LogP contribution is -2.57. The fraction of sp³-hybridized carbons (Fsp3) is 0.619. The van der Waals surface area contributed by atoms with E-state index in [-0.39, 0.29) is 18.4 Å². The SMILES string of the molecule is CC(C)CNC(=O)C1COC2(CCC(C)CC2)N1C(=O)c1ccc(F)cc1. The summed E-state index contributed by atoms with van der Waals surface area (Å²) in [6, 6.07) is 4.83. The Bertz CT molecular complexity index is 681. The number of rotatable bonds is 4. The Morgan fingerprint density at radius 2 is 1.89 bits per heavy atom. The second kappa shape index (κ2) is 7.97. The van der Waals surface area contributed by atoms with Crippen LogP contribution >= 0.6 is 0 Å². The van der Waals surface area contributed by atoms with Crippen LogP contribution < -0.4 is 5.32 Å². The first-order valence-electron chi connectivity index (χ1n) is 9.83. The highest BCUT2D eigenvalue weighted by atomic mass is 19.1. The minimum atomic E-state index is -0.738. The molecule has 1 N–H and O–H groups in total. The highest BCUT2D eigenvalue weighted by molar-refractivity contribution is 5.98. The van der Waals surface area contributed by atoms with E-state index in [1.165, 1.54) is 24.3 Å². The summed E-state index contributed by atoms with van der Waals surface area (Å²) in [5.74, 6) is 0.0517. The van der Waals surface area contributed by atoms with Crippen LogP contribution in [0.5, 0.6) is 0 Å². The summed E-state index contributed by atoms with van der Waals surface area (Å²) in [5.41, 5.74) is -0.362. The van der Waals surface area contributed by atoms with Gasteiger partial charge in [-0.05, 0) is 61.8 Å². The lowest BCUT2D eigenvalue weighted by Gasteiger charge is -2.43. The van der Waals surface area contributed by atoms with Gasteiger partial charge >= 0.3 is 0 Å². The van der Waals surface area contributed by atoms with Gasteiger partial charge in [-0.25, -0.2) is 4.39 Å². The van der Waals surface area contributed by atoms with Crippen molar-refractivity contribution in [2.24, 2.45) is 11.8 Å². The molecule has 148 valence electrons. The number of ether oxygens (including phenoxy) is 1. The monoisotopic (exact) mass is 376 g/mol. The van der Waals surface area contributed by atoms with Gasteiger partial charge in [0.05, 0.1) is 6.61 Å². The summed E-state index contributed by atoms with van der Waals surface area (Å²) >= 11 is 0. The Labute approximate surface area is 160 Å². The number of carbonyl (C=O) groups excluding carboxylic acids is 2. The van der Waals surface area contributed by atoms with E-state index in [2.05, 4.69) is 12.2 Å². The van der Waals surface area contributed by atoms with Crippen molar-refractivity contribution in [3.05, 3.63) is 35.6 Å². The second-order valence-corrected chi connectivity index (χ2v) is 8.28. The largest absolute Gasteiger partial charge is 0.354 e. The summed E-state index contributed by atoms with van der Waals surface area (Å²) in [6.45, 7) is 7.00. The average molecular weight is 376 g/mol. The van der Waals surface area contributed by atoms with Crippen LogP contribution in [0.15, 0.2) is 24.3 Å². The van der Waals surface area contributed by atoms with E-state index in [1.54, 1.807) is 4.90 Å². The predicted octanol–water partition coefficient (Wildman–Crippen LogP) is 3.35. The van der Waals surface area contributed by atoms with Crippen molar-refractivity contribution in [1.82, 2.24) is 10.2 Å².